The van der Waals surface area contributed by atoms with E-state index in [1.807, 2.05) is 25.6 Å². The molecule has 112 valence electrons. The number of carbonyl (C=O) groups is 1. The van der Waals surface area contributed by atoms with Gasteiger partial charge in [0, 0.05) is 11.3 Å². The van der Waals surface area contributed by atoms with Crippen molar-refractivity contribution in [1.29, 1.82) is 0 Å². The Bertz CT molecular complexity index is 472. The lowest BCUT2D eigenvalue weighted by molar-refractivity contribution is 0.0934. The third-order valence-corrected chi connectivity index (χ3v) is 5.10. The SMILES string of the molecule is CCSC1CCCC1NC(=O)c1n[nH]c(C(C)C)c1N. The molecule has 1 amide bonds. The first-order valence-electron chi connectivity index (χ1n) is 7.30. The Morgan fingerprint density at radius 3 is 2.90 bits per heavy atom. The first-order chi connectivity index (χ1) is 9.54. The van der Waals surface area contributed by atoms with Crippen LogP contribution in [0.3, 0.4) is 0 Å². The summed E-state index contributed by atoms with van der Waals surface area (Å²) < 4.78 is 0. The zero-order chi connectivity index (χ0) is 14.7. The van der Waals surface area contributed by atoms with Crippen molar-refractivity contribution in [2.75, 3.05) is 11.5 Å². The third-order valence-electron chi connectivity index (χ3n) is 3.78. The average molecular weight is 296 g/mol. The lowest BCUT2D eigenvalue weighted by Crippen LogP contribution is -2.39. The highest BCUT2D eigenvalue weighted by atomic mass is 32.2. The summed E-state index contributed by atoms with van der Waals surface area (Å²) in [6.07, 6.45) is 3.40. The summed E-state index contributed by atoms with van der Waals surface area (Å²) in [6, 6.07) is 0.242. The van der Waals surface area contributed by atoms with Crippen molar-refractivity contribution < 1.29 is 4.79 Å². The Kier molecular flexibility index (Phi) is 4.96. The Balaban J connectivity index is 2.05. The number of aromatic nitrogens is 2. The largest absolute Gasteiger partial charge is 0.395 e. The van der Waals surface area contributed by atoms with Gasteiger partial charge in [-0.3, -0.25) is 9.89 Å². The van der Waals surface area contributed by atoms with Crippen molar-refractivity contribution in [1.82, 2.24) is 15.5 Å². The van der Waals surface area contributed by atoms with E-state index < -0.39 is 0 Å². The van der Waals surface area contributed by atoms with Crippen LogP contribution in [0.5, 0.6) is 0 Å². The number of carbonyl (C=O) groups excluding carboxylic acids is 1. The van der Waals surface area contributed by atoms with E-state index in [9.17, 15) is 4.79 Å². The second kappa shape index (κ2) is 6.52. The van der Waals surface area contributed by atoms with Gasteiger partial charge in [-0.25, -0.2) is 0 Å². The lowest BCUT2D eigenvalue weighted by Gasteiger charge is -2.19. The Morgan fingerprint density at radius 1 is 1.55 bits per heavy atom. The number of H-pyrrole nitrogens is 1. The van der Waals surface area contributed by atoms with E-state index in [4.69, 9.17) is 5.73 Å². The van der Waals surface area contributed by atoms with Crippen molar-refractivity contribution in [2.24, 2.45) is 0 Å². The summed E-state index contributed by atoms with van der Waals surface area (Å²) in [5.74, 6) is 1.16. The molecule has 1 aliphatic carbocycles. The number of nitrogens with zero attached hydrogens (tertiary/aromatic N) is 1. The van der Waals surface area contributed by atoms with E-state index in [-0.39, 0.29) is 17.9 Å². The number of nitrogens with two attached hydrogens (primary N) is 1. The van der Waals surface area contributed by atoms with Gasteiger partial charge in [-0.15, -0.1) is 0 Å². The second-order valence-electron chi connectivity index (χ2n) is 5.56. The molecule has 0 saturated heterocycles. The van der Waals surface area contributed by atoms with E-state index in [2.05, 4.69) is 22.4 Å². The van der Waals surface area contributed by atoms with Gasteiger partial charge in [0.2, 0.25) is 0 Å². The molecule has 0 radical (unpaired) electrons. The number of thioether (sulfide) groups is 1. The van der Waals surface area contributed by atoms with Crippen molar-refractivity contribution in [3.63, 3.8) is 0 Å². The van der Waals surface area contributed by atoms with Crippen LogP contribution in [0.15, 0.2) is 0 Å². The topological polar surface area (TPSA) is 83.8 Å². The predicted octanol–water partition coefficient (Wildman–Crippen LogP) is 2.52. The van der Waals surface area contributed by atoms with Gasteiger partial charge < -0.3 is 11.1 Å². The van der Waals surface area contributed by atoms with E-state index >= 15 is 0 Å². The van der Waals surface area contributed by atoms with Crippen LogP contribution in [0.25, 0.3) is 0 Å². The van der Waals surface area contributed by atoms with Crippen LogP contribution in [0, 0.1) is 0 Å². The fourth-order valence-electron chi connectivity index (χ4n) is 2.72. The van der Waals surface area contributed by atoms with Crippen LogP contribution in [0.2, 0.25) is 0 Å². The van der Waals surface area contributed by atoms with Gasteiger partial charge in [-0.05, 0) is 24.5 Å². The molecule has 1 heterocycles. The standard InChI is InChI=1S/C14H24N4OS/c1-4-20-10-7-5-6-9(10)16-14(19)13-11(15)12(8(2)3)17-18-13/h8-10H,4-7,15H2,1-3H3,(H,16,19)(H,17,18). The molecule has 6 heteroatoms. The summed E-state index contributed by atoms with van der Waals surface area (Å²) in [7, 11) is 0. The minimum Gasteiger partial charge on any atom is -0.395 e. The molecule has 2 atom stereocenters. The number of nitrogen functional groups attached to an aromatic ring is 1. The molecule has 0 spiro atoms. The Morgan fingerprint density at radius 2 is 2.30 bits per heavy atom. The molecule has 1 aromatic heterocycles. The van der Waals surface area contributed by atoms with Gasteiger partial charge in [0.15, 0.2) is 5.69 Å². The van der Waals surface area contributed by atoms with Crippen molar-refractivity contribution in [2.45, 2.75) is 57.2 Å². The molecule has 2 rings (SSSR count). The number of rotatable bonds is 5. The van der Waals surface area contributed by atoms with Crippen molar-refractivity contribution >= 4 is 23.4 Å². The molecule has 1 fully saturated rings. The van der Waals surface area contributed by atoms with Crippen LogP contribution >= 0.6 is 11.8 Å². The Hall–Kier alpha value is -1.17. The number of hydrogen-bond donors (Lipinski definition) is 3. The van der Waals surface area contributed by atoms with Gasteiger partial charge in [0.05, 0.1) is 11.4 Å². The normalized spacial score (nSPS) is 22.4. The van der Waals surface area contributed by atoms with Crippen molar-refractivity contribution in [3.8, 4) is 0 Å². The molecular formula is C14H24N4OS. The highest BCUT2D eigenvalue weighted by Crippen LogP contribution is 2.30. The van der Waals surface area contributed by atoms with E-state index in [0.29, 0.717) is 16.6 Å². The average Bonchev–Trinajstić information content (AvgIpc) is 2.97. The number of anilines is 1. The maximum atomic E-state index is 12.3. The Labute approximate surface area is 124 Å². The zero-order valence-corrected chi connectivity index (χ0v) is 13.2. The summed E-state index contributed by atoms with van der Waals surface area (Å²) in [6.45, 7) is 6.20. The first kappa shape index (κ1) is 15.2. The molecule has 2 unspecified atom stereocenters. The molecular weight excluding hydrogens is 272 g/mol. The molecule has 0 aliphatic heterocycles. The summed E-state index contributed by atoms with van der Waals surface area (Å²) in [5, 5.41) is 10.6. The van der Waals surface area contributed by atoms with Crippen LogP contribution in [0.4, 0.5) is 5.69 Å². The minimum absolute atomic E-state index is 0.153. The van der Waals surface area contributed by atoms with Gasteiger partial charge >= 0.3 is 0 Å². The first-order valence-corrected chi connectivity index (χ1v) is 8.35. The second-order valence-corrected chi connectivity index (χ2v) is 7.08. The maximum absolute atomic E-state index is 12.3. The molecule has 1 saturated carbocycles. The smallest absolute Gasteiger partial charge is 0.274 e. The summed E-state index contributed by atoms with van der Waals surface area (Å²) >= 11 is 1.92. The zero-order valence-electron chi connectivity index (χ0n) is 12.4. The van der Waals surface area contributed by atoms with Gasteiger partial charge in [0.1, 0.15) is 0 Å². The number of amides is 1. The van der Waals surface area contributed by atoms with E-state index in [1.165, 1.54) is 12.8 Å². The highest BCUT2D eigenvalue weighted by Gasteiger charge is 2.30. The molecule has 0 aromatic carbocycles. The van der Waals surface area contributed by atoms with Crippen LogP contribution in [0.1, 0.15) is 62.1 Å². The van der Waals surface area contributed by atoms with Gasteiger partial charge in [0.25, 0.3) is 5.91 Å². The number of hydrogen-bond acceptors (Lipinski definition) is 4. The fraction of sp³-hybridized carbons (Fsp3) is 0.714. The highest BCUT2D eigenvalue weighted by molar-refractivity contribution is 7.99. The van der Waals surface area contributed by atoms with E-state index in [1.54, 1.807) is 0 Å². The van der Waals surface area contributed by atoms with E-state index in [0.717, 1.165) is 17.9 Å². The molecule has 5 nitrogen and oxygen atoms in total. The summed E-state index contributed by atoms with van der Waals surface area (Å²) in [4.78, 5) is 12.3. The quantitative estimate of drug-likeness (QED) is 0.779. The third kappa shape index (κ3) is 3.11. The molecule has 1 aliphatic rings. The van der Waals surface area contributed by atoms with Gasteiger partial charge in [-0.2, -0.15) is 16.9 Å². The minimum atomic E-state index is -0.153. The van der Waals surface area contributed by atoms with Crippen LogP contribution in [-0.4, -0.2) is 33.1 Å². The lowest BCUT2D eigenvalue weighted by atomic mass is 10.1. The number of aromatic amines is 1. The van der Waals surface area contributed by atoms with Gasteiger partial charge in [-0.1, -0.05) is 27.2 Å². The van der Waals surface area contributed by atoms with Crippen molar-refractivity contribution in [3.05, 3.63) is 11.4 Å². The van der Waals surface area contributed by atoms with Crippen LogP contribution in [-0.2, 0) is 0 Å². The fourth-order valence-corrected chi connectivity index (χ4v) is 3.92. The molecule has 1 aromatic rings. The van der Waals surface area contributed by atoms with Crippen LogP contribution < -0.4 is 11.1 Å². The molecule has 4 N–H and O–H groups in total. The summed E-state index contributed by atoms with van der Waals surface area (Å²) in [5.41, 5.74) is 7.66. The molecule has 0 bridgehead atoms. The monoisotopic (exact) mass is 296 g/mol. The number of nitrogens with one attached hydrogen (secondary N) is 2. The molecule has 20 heavy (non-hydrogen) atoms. The predicted molar refractivity (Wildman–Crippen MR) is 84.1 cm³/mol. The maximum Gasteiger partial charge on any atom is 0.274 e.